The number of carbonyl (C=O) groups is 1. The van der Waals surface area contributed by atoms with Gasteiger partial charge in [-0.3, -0.25) is 4.79 Å². The number of amides is 1. The second-order valence-electron chi connectivity index (χ2n) is 6.33. The van der Waals surface area contributed by atoms with Crippen molar-refractivity contribution in [3.8, 4) is 0 Å². The Hall–Kier alpha value is -2.61. The molecule has 0 aliphatic heterocycles. The summed E-state index contributed by atoms with van der Waals surface area (Å²) in [4.78, 5) is 16.7. The molecule has 0 fully saturated rings. The lowest BCUT2D eigenvalue weighted by Gasteiger charge is -2.09. The van der Waals surface area contributed by atoms with Crippen LogP contribution in [-0.4, -0.2) is 17.4 Å². The molecule has 3 N–H and O–H groups in total. The highest BCUT2D eigenvalue weighted by molar-refractivity contribution is 7.21. The van der Waals surface area contributed by atoms with Gasteiger partial charge in [-0.2, -0.15) is 13.2 Å². The third kappa shape index (κ3) is 4.05. The Morgan fingerprint density at radius 1 is 1.22 bits per heavy atom. The number of nitrogens with two attached hydrogens (primary N) is 1. The number of nitrogens with one attached hydrogen (secondary N) is 1. The number of hydrogen-bond donors (Lipinski definition) is 2. The van der Waals surface area contributed by atoms with Crippen LogP contribution in [0, 0.1) is 13.8 Å². The third-order valence-corrected chi connectivity index (χ3v) is 5.26. The van der Waals surface area contributed by atoms with Crippen molar-refractivity contribution in [2.45, 2.75) is 26.4 Å². The smallest absolute Gasteiger partial charge is 0.397 e. The van der Waals surface area contributed by atoms with Gasteiger partial charge in [-0.25, -0.2) is 4.98 Å². The van der Waals surface area contributed by atoms with Gasteiger partial charge in [-0.05, 0) is 31.9 Å². The summed E-state index contributed by atoms with van der Waals surface area (Å²) in [5.41, 5.74) is 7.28. The molecule has 1 amide bonds. The Bertz CT molecular complexity index is 994. The SMILES string of the molecule is Cc1ccc(CCNC(=O)c2sc3nc(C)cc(C(F)(F)F)c3c2N)cc1. The highest BCUT2D eigenvalue weighted by atomic mass is 32.1. The second-order valence-corrected chi connectivity index (χ2v) is 7.32. The Morgan fingerprint density at radius 3 is 2.52 bits per heavy atom. The molecule has 0 saturated carbocycles. The van der Waals surface area contributed by atoms with Gasteiger partial charge in [-0.15, -0.1) is 11.3 Å². The molecule has 3 rings (SSSR count). The van der Waals surface area contributed by atoms with Crippen molar-refractivity contribution in [2.24, 2.45) is 0 Å². The highest BCUT2D eigenvalue weighted by Crippen LogP contribution is 2.42. The lowest BCUT2D eigenvalue weighted by Crippen LogP contribution is -2.25. The van der Waals surface area contributed by atoms with Crippen LogP contribution in [0.1, 0.15) is 32.1 Å². The fourth-order valence-corrected chi connectivity index (χ4v) is 3.87. The van der Waals surface area contributed by atoms with E-state index in [2.05, 4.69) is 10.3 Å². The average molecular weight is 393 g/mol. The van der Waals surface area contributed by atoms with Crippen LogP contribution in [0.25, 0.3) is 10.2 Å². The van der Waals surface area contributed by atoms with Crippen LogP contribution in [0.3, 0.4) is 0 Å². The molecule has 1 aromatic carbocycles. The van der Waals surface area contributed by atoms with Crippen molar-refractivity contribution in [3.05, 3.63) is 57.6 Å². The Labute approximate surface area is 158 Å². The number of halogens is 3. The van der Waals surface area contributed by atoms with E-state index in [1.807, 2.05) is 31.2 Å². The zero-order valence-electron chi connectivity index (χ0n) is 14.8. The van der Waals surface area contributed by atoms with Gasteiger partial charge >= 0.3 is 6.18 Å². The largest absolute Gasteiger partial charge is 0.417 e. The van der Waals surface area contributed by atoms with Crippen molar-refractivity contribution in [1.82, 2.24) is 10.3 Å². The van der Waals surface area contributed by atoms with Gasteiger partial charge in [0, 0.05) is 17.6 Å². The summed E-state index contributed by atoms with van der Waals surface area (Å²) in [7, 11) is 0. The minimum atomic E-state index is -4.57. The van der Waals surface area contributed by atoms with E-state index in [9.17, 15) is 18.0 Å². The van der Waals surface area contributed by atoms with E-state index < -0.39 is 17.6 Å². The quantitative estimate of drug-likeness (QED) is 0.686. The monoisotopic (exact) mass is 393 g/mol. The zero-order valence-corrected chi connectivity index (χ0v) is 15.6. The summed E-state index contributed by atoms with van der Waals surface area (Å²) in [6, 6.07) is 8.85. The van der Waals surface area contributed by atoms with E-state index in [0.29, 0.717) is 13.0 Å². The van der Waals surface area contributed by atoms with Crippen molar-refractivity contribution >= 4 is 33.1 Å². The molecule has 0 aliphatic carbocycles. The number of aromatic nitrogens is 1. The summed E-state index contributed by atoms with van der Waals surface area (Å²) >= 11 is 0.876. The molecule has 27 heavy (non-hydrogen) atoms. The van der Waals surface area contributed by atoms with Crippen LogP contribution in [-0.2, 0) is 12.6 Å². The number of alkyl halides is 3. The van der Waals surface area contributed by atoms with Crippen LogP contribution in [0.15, 0.2) is 30.3 Å². The molecule has 0 radical (unpaired) electrons. The Balaban J connectivity index is 1.83. The number of hydrogen-bond acceptors (Lipinski definition) is 4. The molecule has 4 nitrogen and oxygen atoms in total. The molecular formula is C19H18F3N3OS. The fourth-order valence-electron chi connectivity index (χ4n) is 2.79. The molecule has 8 heteroatoms. The first-order chi connectivity index (χ1) is 12.7. The maximum absolute atomic E-state index is 13.3. The van der Waals surface area contributed by atoms with E-state index in [1.54, 1.807) is 0 Å². The van der Waals surface area contributed by atoms with Crippen LogP contribution >= 0.6 is 11.3 Å². The molecule has 0 spiro atoms. The molecular weight excluding hydrogens is 375 g/mol. The molecule has 0 bridgehead atoms. The topological polar surface area (TPSA) is 68.0 Å². The number of carbonyl (C=O) groups excluding carboxylic acids is 1. The number of benzene rings is 1. The third-order valence-electron chi connectivity index (χ3n) is 4.16. The van der Waals surface area contributed by atoms with Crippen LogP contribution in [0.2, 0.25) is 0 Å². The number of nitrogen functional groups attached to an aromatic ring is 1. The zero-order chi connectivity index (χ0) is 19.8. The minimum Gasteiger partial charge on any atom is -0.397 e. The Kier molecular flexibility index (Phi) is 5.10. The van der Waals surface area contributed by atoms with Crippen LogP contribution in [0.4, 0.5) is 18.9 Å². The van der Waals surface area contributed by atoms with Crippen LogP contribution < -0.4 is 11.1 Å². The molecule has 142 valence electrons. The molecule has 2 aromatic heterocycles. The lowest BCUT2D eigenvalue weighted by atomic mass is 10.1. The molecule has 0 saturated heterocycles. The first-order valence-electron chi connectivity index (χ1n) is 8.27. The number of aryl methyl sites for hydroxylation is 2. The summed E-state index contributed by atoms with van der Waals surface area (Å²) in [6.45, 7) is 3.82. The summed E-state index contributed by atoms with van der Waals surface area (Å²) < 4.78 is 40.0. The number of pyridine rings is 1. The number of fused-ring (bicyclic) bond motifs is 1. The average Bonchev–Trinajstić information content (AvgIpc) is 2.91. The van der Waals surface area contributed by atoms with Gasteiger partial charge in [0.2, 0.25) is 0 Å². The first kappa shape index (κ1) is 19.2. The van der Waals surface area contributed by atoms with Gasteiger partial charge in [0.1, 0.15) is 9.71 Å². The van der Waals surface area contributed by atoms with Crippen molar-refractivity contribution < 1.29 is 18.0 Å². The normalized spacial score (nSPS) is 11.7. The number of anilines is 1. The predicted octanol–water partition coefficient (Wildman–Crippen LogP) is 4.49. The molecule has 0 aliphatic rings. The summed E-state index contributed by atoms with van der Waals surface area (Å²) in [6.07, 6.45) is -3.96. The van der Waals surface area contributed by atoms with Gasteiger partial charge in [0.25, 0.3) is 5.91 Å². The summed E-state index contributed by atoms with van der Waals surface area (Å²) in [5.74, 6) is -0.492. The van der Waals surface area contributed by atoms with Gasteiger partial charge < -0.3 is 11.1 Å². The van der Waals surface area contributed by atoms with Gasteiger partial charge in [-0.1, -0.05) is 29.8 Å². The van der Waals surface area contributed by atoms with Crippen molar-refractivity contribution in [1.29, 1.82) is 0 Å². The predicted molar refractivity (Wildman–Crippen MR) is 101 cm³/mol. The van der Waals surface area contributed by atoms with E-state index in [0.717, 1.165) is 28.5 Å². The molecule has 2 heterocycles. The number of nitrogens with zero attached hydrogens (tertiary/aromatic N) is 1. The highest BCUT2D eigenvalue weighted by Gasteiger charge is 2.35. The fraction of sp³-hybridized carbons (Fsp3) is 0.263. The van der Waals surface area contributed by atoms with E-state index >= 15 is 0 Å². The maximum Gasteiger partial charge on any atom is 0.417 e. The minimum absolute atomic E-state index is 0.0532. The van der Waals surface area contributed by atoms with E-state index in [-0.39, 0.29) is 26.5 Å². The summed E-state index contributed by atoms with van der Waals surface area (Å²) in [5, 5.41) is 2.51. The standard InChI is InChI=1S/C19H18F3N3OS/c1-10-3-5-12(6-4-10)7-8-24-17(26)16-15(23)14-13(19(20,21)22)9-11(2)25-18(14)27-16/h3-6,9H,7-8,23H2,1-2H3,(H,24,26). The van der Waals surface area contributed by atoms with Gasteiger partial charge in [0.05, 0.1) is 11.3 Å². The lowest BCUT2D eigenvalue weighted by molar-refractivity contribution is -0.136. The van der Waals surface area contributed by atoms with E-state index in [1.165, 1.54) is 6.92 Å². The van der Waals surface area contributed by atoms with Crippen molar-refractivity contribution in [2.75, 3.05) is 12.3 Å². The number of rotatable bonds is 4. The number of thiophene rings is 1. The van der Waals surface area contributed by atoms with Crippen molar-refractivity contribution in [3.63, 3.8) is 0 Å². The van der Waals surface area contributed by atoms with Crippen LogP contribution in [0.5, 0.6) is 0 Å². The molecule has 0 unspecified atom stereocenters. The maximum atomic E-state index is 13.3. The molecule has 3 aromatic rings. The van der Waals surface area contributed by atoms with Gasteiger partial charge in [0.15, 0.2) is 0 Å². The van der Waals surface area contributed by atoms with E-state index in [4.69, 9.17) is 5.73 Å². The Morgan fingerprint density at radius 2 is 1.89 bits per heavy atom. The first-order valence-corrected chi connectivity index (χ1v) is 9.09. The second kappa shape index (κ2) is 7.19. The molecule has 0 atom stereocenters.